The Hall–Kier alpha value is -1.33. The number of nitro groups is 1. The van der Waals surface area contributed by atoms with E-state index in [1.807, 2.05) is 13.8 Å². The minimum Gasteiger partial charge on any atom is -0.365 e. The summed E-state index contributed by atoms with van der Waals surface area (Å²) in [7, 11) is 0. The van der Waals surface area contributed by atoms with E-state index in [-0.39, 0.29) is 5.96 Å². The third-order valence-corrected chi connectivity index (χ3v) is 0.881. The molecule has 0 aliphatic rings. The molecule has 0 amide bonds. The molecular formula is C5H12N4O2. The standard InChI is InChI=1S/C5H12N4O2/c1-4(2)3-7-5(6)8-9(10)11/h4H,3H2,1-2H3,(H3,6,7,8). The van der Waals surface area contributed by atoms with E-state index in [0.717, 1.165) is 0 Å². The number of rotatable bonds is 3. The van der Waals surface area contributed by atoms with Crippen molar-refractivity contribution in [3.8, 4) is 0 Å². The Bertz CT molecular complexity index is 166. The summed E-state index contributed by atoms with van der Waals surface area (Å²) < 4.78 is 0. The second-order valence-corrected chi connectivity index (χ2v) is 2.50. The Morgan fingerprint density at radius 1 is 1.82 bits per heavy atom. The highest BCUT2D eigenvalue weighted by atomic mass is 16.7. The van der Waals surface area contributed by atoms with Gasteiger partial charge in [-0.2, -0.15) is 0 Å². The predicted octanol–water partition coefficient (Wildman–Crippen LogP) is -0.262. The fourth-order valence-corrected chi connectivity index (χ4v) is 0.432. The fraction of sp³-hybridized carbons (Fsp3) is 0.800. The Balaban J connectivity index is 3.68. The van der Waals surface area contributed by atoms with Gasteiger partial charge in [0, 0.05) is 6.54 Å². The van der Waals surface area contributed by atoms with Gasteiger partial charge in [-0.05, 0) is 5.92 Å². The summed E-state index contributed by atoms with van der Waals surface area (Å²) in [5.74, 6) is 0.235. The molecule has 0 aromatic carbocycles. The van der Waals surface area contributed by atoms with Crippen LogP contribution in [0, 0.1) is 16.0 Å². The molecule has 0 atom stereocenters. The largest absolute Gasteiger partial charge is 0.365 e. The molecule has 0 saturated carbocycles. The third kappa shape index (κ3) is 6.56. The van der Waals surface area contributed by atoms with Gasteiger partial charge in [0.25, 0.3) is 5.96 Å². The highest BCUT2D eigenvalue weighted by molar-refractivity contribution is 5.76. The van der Waals surface area contributed by atoms with Gasteiger partial charge in [-0.3, -0.25) is 0 Å². The number of nitrogens with one attached hydrogen (secondary N) is 1. The molecule has 0 bridgehead atoms. The average molecular weight is 160 g/mol. The van der Waals surface area contributed by atoms with Gasteiger partial charge >= 0.3 is 0 Å². The van der Waals surface area contributed by atoms with Crippen LogP contribution in [-0.4, -0.2) is 17.5 Å². The number of hydrazone groups is 1. The van der Waals surface area contributed by atoms with Crippen LogP contribution < -0.4 is 11.1 Å². The van der Waals surface area contributed by atoms with Crippen LogP contribution in [0.3, 0.4) is 0 Å². The van der Waals surface area contributed by atoms with Crippen molar-refractivity contribution >= 4 is 5.96 Å². The summed E-state index contributed by atoms with van der Waals surface area (Å²) >= 11 is 0. The van der Waals surface area contributed by atoms with Gasteiger partial charge in [-0.1, -0.05) is 13.8 Å². The molecule has 3 N–H and O–H groups in total. The van der Waals surface area contributed by atoms with Gasteiger partial charge < -0.3 is 11.1 Å². The van der Waals surface area contributed by atoms with Crippen LogP contribution in [0.15, 0.2) is 5.10 Å². The molecule has 0 saturated heterocycles. The molecule has 0 radical (unpaired) electrons. The first-order chi connectivity index (χ1) is 5.02. The zero-order valence-corrected chi connectivity index (χ0v) is 6.57. The molecule has 6 nitrogen and oxygen atoms in total. The maximum atomic E-state index is 9.75. The first-order valence-electron chi connectivity index (χ1n) is 3.24. The minimum absolute atomic E-state index is 0.149. The zero-order chi connectivity index (χ0) is 8.85. The molecule has 0 fully saturated rings. The van der Waals surface area contributed by atoms with Gasteiger partial charge in [0.1, 0.15) is 5.10 Å². The smallest absolute Gasteiger partial charge is 0.266 e. The molecule has 64 valence electrons. The summed E-state index contributed by atoms with van der Waals surface area (Å²) in [5.41, 5.74) is 5.12. The van der Waals surface area contributed by atoms with E-state index in [1.54, 1.807) is 0 Å². The van der Waals surface area contributed by atoms with Gasteiger partial charge in [0.15, 0.2) is 5.03 Å². The molecule has 0 heterocycles. The third-order valence-electron chi connectivity index (χ3n) is 0.881. The normalized spacial score (nSPS) is 11.7. The number of nitrogens with zero attached hydrogens (tertiary/aromatic N) is 2. The molecule has 0 aromatic rings. The van der Waals surface area contributed by atoms with Crippen LogP contribution >= 0.6 is 0 Å². The SMILES string of the molecule is CC(C)CN/C(N)=N/[N+](=O)[O-]. The van der Waals surface area contributed by atoms with Crippen molar-refractivity contribution < 1.29 is 5.03 Å². The van der Waals surface area contributed by atoms with Crippen molar-refractivity contribution in [2.75, 3.05) is 6.54 Å². The number of hydrogen-bond acceptors (Lipinski definition) is 2. The quantitative estimate of drug-likeness (QED) is 0.257. The molecule has 11 heavy (non-hydrogen) atoms. The highest BCUT2D eigenvalue weighted by Crippen LogP contribution is 1.85. The van der Waals surface area contributed by atoms with Crippen molar-refractivity contribution in [3.05, 3.63) is 10.1 Å². The molecule has 0 unspecified atom stereocenters. The molecule has 0 aliphatic heterocycles. The van der Waals surface area contributed by atoms with E-state index in [2.05, 4.69) is 10.4 Å². The highest BCUT2D eigenvalue weighted by Gasteiger charge is 1.98. The lowest BCUT2D eigenvalue weighted by atomic mass is 10.2. The van der Waals surface area contributed by atoms with Gasteiger partial charge in [0.05, 0.1) is 0 Å². The van der Waals surface area contributed by atoms with Crippen molar-refractivity contribution in [3.63, 3.8) is 0 Å². The second kappa shape index (κ2) is 4.48. The van der Waals surface area contributed by atoms with Gasteiger partial charge in [-0.25, -0.2) is 10.1 Å². The van der Waals surface area contributed by atoms with Crippen LogP contribution in [0.2, 0.25) is 0 Å². The second-order valence-electron chi connectivity index (χ2n) is 2.50. The summed E-state index contributed by atoms with van der Waals surface area (Å²) in [6.45, 7) is 4.52. The first kappa shape index (κ1) is 9.67. The molecule has 0 rings (SSSR count). The van der Waals surface area contributed by atoms with Crippen LogP contribution in [0.25, 0.3) is 0 Å². The monoisotopic (exact) mass is 160 g/mol. The van der Waals surface area contributed by atoms with E-state index in [1.165, 1.54) is 0 Å². The van der Waals surface area contributed by atoms with Crippen molar-refractivity contribution in [2.24, 2.45) is 16.8 Å². The maximum Gasteiger partial charge on any atom is 0.266 e. The van der Waals surface area contributed by atoms with E-state index >= 15 is 0 Å². The lowest BCUT2D eigenvalue weighted by molar-refractivity contribution is -0.485. The summed E-state index contributed by atoms with van der Waals surface area (Å²) in [4.78, 5) is 9.75. The van der Waals surface area contributed by atoms with Crippen LogP contribution in [0.5, 0.6) is 0 Å². The van der Waals surface area contributed by atoms with E-state index in [9.17, 15) is 10.1 Å². The first-order valence-corrected chi connectivity index (χ1v) is 3.24. The Kier molecular flexibility index (Phi) is 3.94. The van der Waals surface area contributed by atoms with Crippen molar-refractivity contribution in [1.82, 2.24) is 5.32 Å². The van der Waals surface area contributed by atoms with E-state index in [0.29, 0.717) is 12.5 Å². The topological polar surface area (TPSA) is 93.5 Å². The lowest BCUT2D eigenvalue weighted by Gasteiger charge is -2.04. The lowest BCUT2D eigenvalue weighted by Crippen LogP contribution is -2.34. The molecular weight excluding hydrogens is 148 g/mol. The summed E-state index contributed by atoms with van der Waals surface area (Å²) in [5, 5.41) is 14.4. The van der Waals surface area contributed by atoms with E-state index < -0.39 is 5.03 Å². The zero-order valence-electron chi connectivity index (χ0n) is 6.57. The molecule has 0 aliphatic carbocycles. The Labute approximate surface area is 64.6 Å². The summed E-state index contributed by atoms with van der Waals surface area (Å²) in [6, 6.07) is 0. The summed E-state index contributed by atoms with van der Waals surface area (Å²) in [6.07, 6.45) is 0. The van der Waals surface area contributed by atoms with Crippen molar-refractivity contribution in [2.45, 2.75) is 13.8 Å². The van der Waals surface area contributed by atoms with Gasteiger partial charge in [0.2, 0.25) is 0 Å². The average Bonchev–Trinajstić information content (AvgIpc) is 1.82. The van der Waals surface area contributed by atoms with Crippen LogP contribution in [0.4, 0.5) is 0 Å². The predicted molar refractivity (Wildman–Crippen MR) is 41.5 cm³/mol. The molecule has 0 aromatic heterocycles. The van der Waals surface area contributed by atoms with E-state index in [4.69, 9.17) is 5.73 Å². The Morgan fingerprint density at radius 3 is 2.73 bits per heavy atom. The molecule has 0 spiro atoms. The van der Waals surface area contributed by atoms with Crippen LogP contribution in [-0.2, 0) is 0 Å². The minimum atomic E-state index is -0.831. The number of nitrogens with two attached hydrogens (primary N) is 1. The Morgan fingerprint density at radius 2 is 2.36 bits per heavy atom. The van der Waals surface area contributed by atoms with Crippen LogP contribution in [0.1, 0.15) is 13.8 Å². The fourth-order valence-electron chi connectivity index (χ4n) is 0.432. The number of guanidine groups is 1. The van der Waals surface area contributed by atoms with Gasteiger partial charge in [-0.15, -0.1) is 0 Å². The van der Waals surface area contributed by atoms with Crippen molar-refractivity contribution in [1.29, 1.82) is 0 Å². The maximum absolute atomic E-state index is 9.75. The number of hydrogen-bond donors (Lipinski definition) is 2. The molecule has 6 heteroatoms.